The highest BCUT2D eigenvalue weighted by atomic mass is 35.5. The molecule has 0 fully saturated rings. The zero-order chi connectivity index (χ0) is 21.1. The number of carbonyl (C=O) groups is 2. The quantitative estimate of drug-likeness (QED) is 0.455. The zero-order valence-corrected chi connectivity index (χ0v) is 17.5. The number of unbranched alkanes of at least 4 members (excludes halogenated alkanes) is 1. The Hall–Kier alpha value is -2.81. The monoisotopic (exact) mass is 428 g/mol. The maximum atomic E-state index is 12.9. The number of hydrogen-bond acceptors (Lipinski definition) is 4. The number of carbonyl (C=O) groups excluding carboxylic acids is 2. The normalized spacial score (nSPS) is 16.0. The van der Waals surface area contributed by atoms with Crippen molar-refractivity contribution in [2.45, 2.75) is 26.7 Å². The van der Waals surface area contributed by atoms with E-state index < -0.39 is 11.8 Å². The molecule has 2 amide bonds. The summed E-state index contributed by atoms with van der Waals surface area (Å²) in [5, 5.41) is 10.3. The minimum atomic E-state index is -0.545. The molecule has 5 nitrogen and oxygen atoms in total. The third kappa shape index (κ3) is 4.14. The van der Waals surface area contributed by atoms with Crippen molar-refractivity contribution >= 4 is 41.1 Å². The van der Waals surface area contributed by atoms with Gasteiger partial charge in [0.15, 0.2) is 0 Å². The molecular weight excluding hydrogens is 411 g/mol. The van der Waals surface area contributed by atoms with Crippen LogP contribution in [0.3, 0.4) is 0 Å². The van der Waals surface area contributed by atoms with Gasteiger partial charge < -0.3 is 4.42 Å². The standard InChI is InChI=1S/C22H18Cl2N2O3/c1-3-4-9-26-21(27)16(13(2)17(12-25)22(26)28)11-15-6-8-20(29-15)14-5-7-18(23)19(24)10-14/h5-8,10-11H,3-4,9H2,1-2H3/b16-11+. The fourth-order valence-electron chi connectivity index (χ4n) is 3.03. The van der Waals surface area contributed by atoms with Crippen LogP contribution in [0.15, 0.2) is 51.5 Å². The van der Waals surface area contributed by atoms with Crippen molar-refractivity contribution in [3.8, 4) is 17.4 Å². The number of furan rings is 1. The molecule has 0 radical (unpaired) electrons. The first kappa shape index (κ1) is 20.9. The average molecular weight is 429 g/mol. The summed E-state index contributed by atoms with van der Waals surface area (Å²) in [7, 11) is 0. The molecule has 148 valence electrons. The van der Waals surface area contributed by atoms with Gasteiger partial charge in [0, 0.05) is 17.7 Å². The van der Waals surface area contributed by atoms with Gasteiger partial charge in [0.25, 0.3) is 11.8 Å². The molecule has 29 heavy (non-hydrogen) atoms. The molecule has 0 aliphatic carbocycles. The fraction of sp³-hybridized carbons (Fsp3) is 0.227. The Labute approximate surface area is 178 Å². The number of halogens is 2. The molecule has 0 N–H and O–H groups in total. The Morgan fingerprint density at radius 1 is 1.14 bits per heavy atom. The van der Waals surface area contributed by atoms with Crippen molar-refractivity contribution in [2.75, 3.05) is 6.54 Å². The molecule has 0 spiro atoms. The van der Waals surface area contributed by atoms with Crippen LogP contribution in [-0.2, 0) is 9.59 Å². The number of hydrogen-bond donors (Lipinski definition) is 0. The van der Waals surface area contributed by atoms with E-state index in [-0.39, 0.29) is 17.7 Å². The van der Waals surface area contributed by atoms with E-state index in [4.69, 9.17) is 27.6 Å². The SMILES string of the molecule is CCCCN1C(=O)C(C#N)=C(C)/C(=C\c2ccc(-c3ccc(Cl)c(Cl)c3)o2)C1=O. The van der Waals surface area contributed by atoms with E-state index in [2.05, 4.69) is 0 Å². The second-order valence-electron chi connectivity index (χ2n) is 6.62. The lowest BCUT2D eigenvalue weighted by molar-refractivity contribution is -0.140. The molecule has 2 aromatic rings. The second-order valence-corrected chi connectivity index (χ2v) is 7.43. The highest BCUT2D eigenvalue weighted by Crippen LogP contribution is 2.32. The minimum Gasteiger partial charge on any atom is -0.457 e. The number of amides is 2. The summed E-state index contributed by atoms with van der Waals surface area (Å²) < 4.78 is 5.84. The maximum Gasteiger partial charge on any atom is 0.271 e. The van der Waals surface area contributed by atoms with Gasteiger partial charge >= 0.3 is 0 Å². The lowest BCUT2D eigenvalue weighted by Gasteiger charge is -2.27. The van der Waals surface area contributed by atoms with Crippen LogP contribution in [0.4, 0.5) is 0 Å². The summed E-state index contributed by atoms with van der Waals surface area (Å²) in [6, 6.07) is 10.5. The smallest absolute Gasteiger partial charge is 0.271 e. The van der Waals surface area contributed by atoms with Gasteiger partial charge in [-0.3, -0.25) is 14.5 Å². The van der Waals surface area contributed by atoms with E-state index in [1.54, 1.807) is 43.3 Å². The minimum absolute atomic E-state index is 0.0248. The van der Waals surface area contributed by atoms with Crippen molar-refractivity contribution in [1.82, 2.24) is 4.90 Å². The van der Waals surface area contributed by atoms with Crippen molar-refractivity contribution in [1.29, 1.82) is 5.26 Å². The lowest BCUT2D eigenvalue weighted by atomic mass is 9.94. The second kappa shape index (κ2) is 8.69. The molecule has 0 saturated heterocycles. The number of nitrogens with zero attached hydrogens (tertiary/aromatic N) is 2. The molecule has 0 atom stereocenters. The summed E-state index contributed by atoms with van der Waals surface area (Å²) in [6.45, 7) is 3.84. The molecule has 2 heterocycles. The van der Waals surface area contributed by atoms with Gasteiger partial charge in [0.1, 0.15) is 23.2 Å². The Bertz CT molecular complexity index is 1090. The van der Waals surface area contributed by atoms with Crippen molar-refractivity contribution in [3.63, 3.8) is 0 Å². The molecule has 0 unspecified atom stereocenters. The van der Waals surface area contributed by atoms with E-state index >= 15 is 0 Å². The van der Waals surface area contributed by atoms with Gasteiger partial charge in [-0.1, -0.05) is 36.5 Å². The number of imide groups is 1. The van der Waals surface area contributed by atoms with Crippen molar-refractivity contribution in [3.05, 3.63) is 62.9 Å². The Balaban J connectivity index is 2.00. The molecule has 3 rings (SSSR count). The van der Waals surface area contributed by atoms with Gasteiger partial charge in [-0.2, -0.15) is 5.26 Å². The zero-order valence-electron chi connectivity index (χ0n) is 16.0. The summed E-state index contributed by atoms with van der Waals surface area (Å²) >= 11 is 12.0. The average Bonchev–Trinajstić information content (AvgIpc) is 3.16. The molecule has 0 saturated carbocycles. The fourth-order valence-corrected chi connectivity index (χ4v) is 3.32. The van der Waals surface area contributed by atoms with Gasteiger partial charge in [0.05, 0.1) is 10.0 Å². The third-order valence-electron chi connectivity index (χ3n) is 4.68. The van der Waals surface area contributed by atoms with Crippen LogP contribution >= 0.6 is 23.2 Å². The van der Waals surface area contributed by atoms with Crippen LogP contribution in [0.5, 0.6) is 0 Å². The first-order valence-corrected chi connectivity index (χ1v) is 9.87. The van der Waals surface area contributed by atoms with Gasteiger partial charge in [-0.15, -0.1) is 0 Å². The molecule has 1 aliphatic rings. The van der Waals surface area contributed by atoms with Gasteiger partial charge in [-0.25, -0.2) is 0 Å². The number of rotatable bonds is 5. The van der Waals surface area contributed by atoms with E-state index in [1.165, 1.54) is 0 Å². The molecular formula is C22H18Cl2N2O3. The highest BCUT2D eigenvalue weighted by molar-refractivity contribution is 6.42. The lowest BCUT2D eigenvalue weighted by Crippen LogP contribution is -2.43. The summed E-state index contributed by atoms with van der Waals surface area (Å²) in [6.07, 6.45) is 3.05. The van der Waals surface area contributed by atoms with Crippen LogP contribution in [0.2, 0.25) is 10.0 Å². The van der Waals surface area contributed by atoms with Crippen LogP contribution in [0.25, 0.3) is 17.4 Å². The van der Waals surface area contributed by atoms with Gasteiger partial charge in [0.2, 0.25) is 0 Å². The Morgan fingerprint density at radius 3 is 2.55 bits per heavy atom. The molecule has 1 aromatic carbocycles. The molecule has 0 bridgehead atoms. The topological polar surface area (TPSA) is 74.3 Å². The van der Waals surface area contributed by atoms with Crippen LogP contribution < -0.4 is 0 Å². The van der Waals surface area contributed by atoms with Crippen LogP contribution in [0.1, 0.15) is 32.4 Å². The van der Waals surface area contributed by atoms with E-state index in [1.807, 2.05) is 13.0 Å². The van der Waals surface area contributed by atoms with E-state index in [9.17, 15) is 14.9 Å². The Morgan fingerprint density at radius 2 is 1.90 bits per heavy atom. The maximum absolute atomic E-state index is 12.9. The first-order chi connectivity index (χ1) is 13.9. The van der Waals surface area contributed by atoms with Crippen LogP contribution in [-0.4, -0.2) is 23.3 Å². The number of nitriles is 1. The Kier molecular flexibility index (Phi) is 6.26. The highest BCUT2D eigenvalue weighted by Gasteiger charge is 2.35. The molecule has 1 aliphatic heterocycles. The summed E-state index contributed by atoms with van der Waals surface area (Å²) in [4.78, 5) is 26.5. The largest absolute Gasteiger partial charge is 0.457 e. The summed E-state index contributed by atoms with van der Waals surface area (Å²) in [5.41, 5.74) is 1.34. The molecule has 7 heteroatoms. The van der Waals surface area contributed by atoms with Crippen molar-refractivity contribution < 1.29 is 14.0 Å². The predicted molar refractivity (Wildman–Crippen MR) is 112 cm³/mol. The van der Waals surface area contributed by atoms with Crippen LogP contribution in [0, 0.1) is 11.3 Å². The summed E-state index contributed by atoms with van der Waals surface area (Å²) in [5.74, 6) is 0.0135. The van der Waals surface area contributed by atoms with E-state index in [0.29, 0.717) is 33.6 Å². The predicted octanol–water partition coefficient (Wildman–Crippen LogP) is 5.65. The van der Waals surface area contributed by atoms with Gasteiger partial charge in [-0.05, 0) is 55.3 Å². The first-order valence-electron chi connectivity index (χ1n) is 9.11. The molecule has 1 aromatic heterocycles. The van der Waals surface area contributed by atoms with Crippen molar-refractivity contribution in [2.24, 2.45) is 0 Å². The van der Waals surface area contributed by atoms with E-state index in [0.717, 1.165) is 16.9 Å². The number of benzene rings is 1. The third-order valence-corrected chi connectivity index (χ3v) is 5.42.